The van der Waals surface area contributed by atoms with Crippen molar-refractivity contribution in [3.63, 3.8) is 0 Å². The number of rotatable bonds is 1. The number of aliphatic imine (C=N–C) groups is 1. The summed E-state index contributed by atoms with van der Waals surface area (Å²) in [4.78, 5) is 15.3. The maximum Gasteiger partial charge on any atom is 0.306 e. The van der Waals surface area contributed by atoms with Crippen molar-refractivity contribution in [2.24, 2.45) is 16.3 Å². The normalized spacial score (nSPS) is 30.0. The van der Waals surface area contributed by atoms with E-state index in [9.17, 15) is 4.79 Å². The first-order chi connectivity index (χ1) is 6.57. The Labute approximate surface area is 83.9 Å². The molecule has 0 aromatic rings. The van der Waals surface area contributed by atoms with Crippen LogP contribution in [-0.4, -0.2) is 18.8 Å². The van der Waals surface area contributed by atoms with Gasteiger partial charge in [-0.05, 0) is 6.42 Å². The highest BCUT2D eigenvalue weighted by Gasteiger charge is 2.29. The average Bonchev–Trinajstić information content (AvgIpc) is 2.52. The minimum atomic E-state index is -0.101. The summed E-state index contributed by atoms with van der Waals surface area (Å²) in [6, 6.07) is 0. The van der Waals surface area contributed by atoms with Gasteiger partial charge in [-0.3, -0.25) is 9.79 Å². The molecule has 3 nitrogen and oxygen atoms in total. The van der Waals surface area contributed by atoms with Gasteiger partial charge in [0.1, 0.15) is 6.61 Å². The summed E-state index contributed by atoms with van der Waals surface area (Å²) in [5.74, 6) is 0.0887. The van der Waals surface area contributed by atoms with Crippen molar-refractivity contribution >= 4 is 12.2 Å². The third kappa shape index (κ3) is 1.86. The molecule has 0 N–H and O–H groups in total. The highest BCUT2D eigenvalue weighted by Crippen LogP contribution is 2.30. The van der Waals surface area contributed by atoms with Crippen LogP contribution in [0.4, 0.5) is 0 Å². The molecule has 76 valence electrons. The Morgan fingerprint density at radius 2 is 2.36 bits per heavy atom. The Hall–Kier alpha value is -1.12. The molecule has 0 saturated carbocycles. The summed E-state index contributed by atoms with van der Waals surface area (Å²) in [6.07, 6.45) is 5.60. The number of hydrogen-bond acceptors (Lipinski definition) is 3. The van der Waals surface area contributed by atoms with E-state index in [2.05, 4.69) is 24.9 Å². The molecule has 0 radical (unpaired) electrons. The third-order valence-corrected chi connectivity index (χ3v) is 2.68. The Bertz CT molecular complexity index is 315. The minimum absolute atomic E-state index is 0.101. The molecule has 1 unspecified atom stereocenters. The number of cyclic esters (lactones) is 1. The zero-order valence-electron chi connectivity index (χ0n) is 8.62. The van der Waals surface area contributed by atoms with Gasteiger partial charge in [-0.15, -0.1) is 0 Å². The summed E-state index contributed by atoms with van der Waals surface area (Å²) in [5.41, 5.74) is 1.18. The molecular weight excluding hydrogens is 178 g/mol. The first-order valence-electron chi connectivity index (χ1n) is 4.98. The van der Waals surface area contributed by atoms with Crippen molar-refractivity contribution in [2.75, 3.05) is 6.61 Å². The average molecular weight is 193 g/mol. The van der Waals surface area contributed by atoms with Gasteiger partial charge in [-0.2, -0.15) is 0 Å². The Kier molecular flexibility index (Phi) is 2.17. The smallest absolute Gasteiger partial charge is 0.306 e. The van der Waals surface area contributed by atoms with E-state index in [1.807, 2.05) is 6.21 Å². The second kappa shape index (κ2) is 3.23. The van der Waals surface area contributed by atoms with Gasteiger partial charge >= 0.3 is 5.97 Å². The number of esters is 1. The Balaban J connectivity index is 2.05. The molecular formula is C11H15NO2. The van der Waals surface area contributed by atoms with Crippen molar-refractivity contribution in [1.29, 1.82) is 0 Å². The minimum Gasteiger partial charge on any atom is -0.465 e. The lowest BCUT2D eigenvalue weighted by Gasteiger charge is -2.22. The number of carbonyl (C=O) groups is 1. The molecule has 14 heavy (non-hydrogen) atoms. The van der Waals surface area contributed by atoms with Gasteiger partial charge in [0, 0.05) is 23.2 Å². The second-order valence-corrected chi connectivity index (χ2v) is 4.66. The van der Waals surface area contributed by atoms with Crippen molar-refractivity contribution in [2.45, 2.75) is 26.7 Å². The van der Waals surface area contributed by atoms with Crippen LogP contribution in [0.25, 0.3) is 0 Å². The van der Waals surface area contributed by atoms with Gasteiger partial charge in [0.25, 0.3) is 0 Å². The number of allylic oxidation sites excluding steroid dienone is 1. The molecule has 2 rings (SSSR count). The zero-order valence-corrected chi connectivity index (χ0v) is 8.62. The third-order valence-electron chi connectivity index (χ3n) is 2.68. The topological polar surface area (TPSA) is 38.7 Å². The fourth-order valence-electron chi connectivity index (χ4n) is 1.70. The van der Waals surface area contributed by atoms with Crippen LogP contribution in [-0.2, 0) is 9.53 Å². The number of carbonyl (C=O) groups excluding carboxylic acids is 1. The molecule has 0 amide bonds. The summed E-state index contributed by atoms with van der Waals surface area (Å²) in [5, 5.41) is 0. The van der Waals surface area contributed by atoms with Gasteiger partial charge < -0.3 is 4.74 Å². The first kappa shape index (κ1) is 9.44. The fraction of sp³-hybridized carbons (Fsp3) is 0.636. The van der Waals surface area contributed by atoms with E-state index >= 15 is 0 Å². The van der Waals surface area contributed by atoms with Crippen molar-refractivity contribution in [3.8, 4) is 0 Å². The SMILES string of the molecule is CC1(C)C=NC(C2COC(=O)C2)=CC1. The Morgan fingerprint density at radius 3 is 2.86 bits per heavy atom. The van der Waals surface area contributed by atoms with Gasteiger partial charge in [0.05, 0.1) is 6.42 Å². The molecule has 2 heterocycles. The molecule has 2 aliphatic rings. The number of ether oxygens (including phenoxy) is 1. The highest BCUT2D eigenvalue weighted by molar-refractivity contribution is 5.73. The number of hydrogen-bond donors (Lipinski definition) is 0. The first-order valence-corrected chi connectivity index (χ1v) is 4.98. The highest BCUT2D eigenvalue weighted by atomic mass is 16.5. The van der Waals surface area contributed by atoms with Crippen LogP contribution in [0, 0.1) is 11.3 Å². The summed E-state index contributed by atoms with van der Waals surface area (Å²) in [6.45, 7) is 4.81. The summed E-state index contributed by atoms with van der Waals surface area (Å²) < 4.78 is 4.92. The van der Waals surface area contributed by atoms with Gasteiger partial charge in [-0.25, -0.2) is 0 Å². The fourth-order valence-corrected chi connectivity index (χ4v) is 1.70. The standard InChI is InChI=1S/C11H15NO2/c1-11(2)4-3-9(12-7-11)8-5-10(13)14-6-8/h3,7-8H,4-6H2,1-2H3. The van der Waals surface area contributed by atoms with Crippen molar-refractivity contribution < 1.29 is 9.53 Å². The Morgan fingerprint density at radius 1 is 1.57 bits per heavy atom. The van der Waals surface area contributed by atoms with E-state index in [0.29, 0.717) is 13.0 Å². The molecule has 0 aromatic heterocycles. The van der Waals surface area contributed by atoms with Crippen molar-refractivity contribution in [1.82, 2.24) is 0 Å². The van der Waals surface area contributed by atoms with E-state index in [1.54, 1.807) is 0 Å². The largest absolute Gasteiger partial charge is 0.465 e. The molecule has 0 bridgehead atoms. The zero-order chi connectivity index (χ0) is 10.2. The van der Waals surface area contributed by atoms with Crippen LogP contribution >= 0.6 is 0 Å². The van der Waals surface area contributed by atoms with Crippen molar-refractivity contribution in [3.05, 3.63) is 11.8 Å². The maximum atomic E-state index is 10.9. The molecule has 1 fully saturated rings. The van der Waals surface area contributed by atoms with Crippen LogP contribution in [0.2, 0.25) is 0 Å². The monoisotopic (exact) mass is 193 g/mol. The lowest BCUT2D eigenvalue weighted by Crippen LogP contribution is -2.17. The van der Waals surface area contributed by atoms with Crippen LogP contribution in [0.1, 0.15) is 26.7 Å². The van der Waals surface area contributed by atoms with E-state index in [1.165, 1.54) is 0 Å². The quantitative estimate of drug-likeness (QED) is 0.597. The molecule has 3 heteroatoms. The van der Waals surface area contributed by atoms with Gasteiger partial charge in [-0.1, -0.05) is 19.9 Å². The van der Waals surface area contributed by atoms with E-state index < -0.39 is 0 Å². The predicted molar refractivity (Wildman–Crippen MR) is 54.0 cm³/mol. The number of nitrogens with zero attached hydrogens (tertiary/aromatic N) is 1. The molecule has 0 spiro atoms. The molecule has 1 saturated heterocycles. The van der Waals surface area contributed by atoms with Crippen LogP contribution in [0.3, 0.4) is 0 Å². The lowest BCUT2D eigenvalue weighted by atomic mass is 9.87. The summed E-state index contributed by atoms with van der Waals surface area (Å²) >= 11 is 0. The van der Waals surface area contributed by atoms with Gasteiger partial charge in [0.2, 0.25) is 0 Å². The maximum absolute atomic E-state index is 10.9. The van der Waals surface area contributed by atoms with Crippen LogP contribution in [0.15, 0.2) is 16.8 Å². The molecule has 2 aliphatic heterocycles. The lowest BCUT2D eigenvalue weighted by molar-refractivity contribution is -0.137. The van der Waals surface area contributed by atoms with E-state index in [0.717, 1.165) is 12.1 Å². The van der Waals surface area contributed by atoms with Gasteiger partial charge in [0.15, 0.2) is 0 Å². The van der Waals surface area contributed by atoms with Crippen LogP contribution in [0.5, 0.6) is 0 Å². The second-order valence-electron chi connectivity index (χ2n) is 4.66. The molecule has 0 aromatic carbocycles. The van der Waals surface area contributed by atoms with E-state index in [4.69, 9.17) is 4.74 Å². The molecule has 0 aliphatic carbocycles. The van der Waals surface area contributed by atoms with E-state index in [-0.39, 0.29) is 17.3 Å². The molecule has 1 atom stereocenters. The predicted octanol–water partition coefficient (Wildman–Crippen LogP) is 1.93. The summed E-state index contributed by atoms with van der Waals surface area (Å²) in [7, 11) is 0. The van der Waals surface area contributed by atoms with Crippen LogP contribution < -0.4 is 0 Å².